The van der Waals surface area contributed by atoms with E-state index in [2.05, 4.69) is 27.0 Å². The number of nitrogens with zero attached hydrogens (tertiary/aromatic N) is 2. The Bertz CT molecular complexity index is 1010. The Kier molecular flexibility index (Phi) is 6.07. The highest BCUT2D eigenvalue weighted by Gasteiger charge is 2.24. The third kappa shape index (κ3) is 4.58. The zero-order valence-electron chi connectivity index (χ0n) is 16.5. The highest BCUT2D eigenvalue weighted by Crippen LogP contribution is 2.28. The maximum atomic E-state index is 12.4. The molecule has 1 atom stereocenters. The van der Waals surface area contributed by atoms with Crippen molar-refractivity contribution in [3.63, 3.8) is 0 Å². The number of nitrogens with one attached hydrogen (secondary N) is 1. The third-order valence-electron chi connectivity index (χ3n) is 5.00. The molecule has 3 aromatic rings. The molecule has 29 heavy (non-hydrogen) atoms. The molecule has 2 aromatic carbocycles. The van der Waals surface area contributed by atoms with Gasteiger partial charge in [-0.15, -0.1) is 0 Å². The third-order valence-corrected chi connectivity index (χ3v) is 5.00. The lowest BCUT2D eigenvalue weighted by atomic mass is 10.1. The molecule has 4 rings (SSSR count). The number of benzene rings is 2. The maximum absolute atomic E-state index is 12.4. The number of ether oxygens (including phenoxy) is 3. The first-order valence-electron chi connectivity index (χ1n) is 9.87. The van der Waals surface area contributed by atoms with Crippen molar-refractivity contribution in [1.29, 1.82) is 0 Å². The Balaban J connectivity index is 1.55. The number of rotatable bonds is 7. The van der Waals surface area contributed by atoms with Gasteiger partial charge < -0.3 is 19.2 Å². The van der Waals surface area contributed by atoms with Gasteiger partial charge in [-0.3, -0.25) is 9.69 Å². The van der Waals surface area contributed by atoms with Crippen LogP contribution in [0.4, 0.5) is 0 Å². The van der Waals surface area contributed by atoms with Crippen molar-refractivity contribution in [1.82, 2.24) is 14.9 Å². The van der Waals surface area contributed by atoms with Gasteiger partial charge in [0.05, 0.1) is 37.7 Å². The second-order valence-corrected chi connectivity index (χ2v) is 6.98. The van der Waals surface area contributed by atoms with Crippen LogP contribution >= 0.6 is 0 Å². The molecule has 1 fully saturated rings. The van der Waals surface area contributed by atoms with Crippen LogP contribution in [0, 0.1) is 0 Å². The summed E-state index contributed by atoms with van der Waals surface area (Å²) in [6.07, 6.45) is 1.39. The van der Waals surface area contributed by atoms with E-state index in [0.29, 0.717) is 48.8 Å². The fourth-order valence-corrected chi connectivity index (χ4v) is 3.56. The second-order valence-electron chi connectivity index (χ2n) is 6.98. The molecule has 0 aliphatic carbocycles. The Morgan fingerprint density at radius 2 is 2.10 bits per heavy atom. The molecule has 0 saturated carbocycles. The van der Waals surface area contributed by atoms with Gasteiger partial charge >= 0.3 is 0 Å². The Morgan fingerprint density at radius 3 is 2.93 bits per heavy atom. The highest BCUT2D eigenvalue weighted by atomic mass is 16.5. The minimum absolute atomic E-state index is 0.0884. The predicted molar refractivity (Wildman–Crippen MR) is 110 cm³/mol. The molecule has 0 amide bonds. The average Bonchev–Trinajstić information content (AvgIpc) is 2.74. The van der Waals surface area contributed by atoms with Crippen molar-refractivity contribution in [2.75, 3.05) is 33.0 Å². The van der Waals surface area contributed by atoms with Gasteiger partial charge in [-0.25, -0.2) is 4.98 Å². The summed E-state index contributed by atoms with van der Waals surface area (Å²) in [6.45, 7) is 5.81. The number of H-pyrrole nitrogens is 1. The van der Waals surface area contributed by atoms with Crippen LogP contribution in [0.5, 0.6) is 11.5 Å². The molecule has 0 radical (unpaired) electrons. The van der Waals surface area contributed by atoms with E-state index in [1.807, 2.05) is 25.1 Å². The number of hydrogen-bond donors (Lipinski definition) is 1. The molecule has 1 aromatic heterocycles. The van der Waals surface area contributed by atoms with E-state index in [0.717, 1.165) is 13.1 Å². The summed E-state index contributed by atoms with van der Waals surface area (Å²) in [5.41, 5.74) is 1.58. The molecule has 1 N–H and O–H groups in total. The van der Waals surface area contributed by atoms with Crippen molar-refractivity contribution < 1.29 is 14.2 Å². The summed E-state index contributed by atoms with van der Waals surface area (Å²) in [5, 5.41) is 0.433. The zero-order valence-corrected chi connectivity index (χ0v) is 16.5. The highest BCUT2D eigenvalue weighted by molar-refractivity contribution is 5.85. The van der Waals surface area contributed by atoms with Crippen molar-refractivity contribution in [2.45, 2.75) is 19.5 Å². The molecule has 1 aliphatic heterocycles. The van der Waals surface area contributed by atoms with Crippen molar-refractivity contribution in [2.24, 2.45) is 0 Å². The summed E-state index contributed by atoms with van der Waals surface area (Å²) in [6, 6.07) is 14.0. The summed E-state index contributed by atoms with van der Waals surface area (Å²) in [5.74, 6) is 1.11. The first-order valence-corrected chi connectivity index (χ1v) is 9.87. The van der Waals surface area contributed by atoms with Gasteiger partial charge in [0.15, 0.2) is 0 Å². The molecule has 7 heteroatoms. The van der Waals surface area contributed by atoms with Gasteiger partial charge in [-0.05, 0) is 12.5 Å². The Morgan fingerprint density at radius 1 is 1.24 bits per heavy atom. The van der Waals surface area contributed by atoms with Crippen LogP contribution in [0.15, 0.2) is 53.6 Å². The van der Waals surface area contributed by atoms with E-state index in [9.17, 15) is 4.79 Å². The first kappa shape index (κ1) is 19.4. The van der Waals surface area contributed by atoms with Crippen molar-refractivity contribution in [3.05, 3.63) is 64.7 Å². The summed E-state index contributed by atoms with van der Waals surface area (Å²) >= 11 is 0. The van der Waals surface area contributed by atoms with E-state index in [1.54, 1.807) is 12.1 Å². The van der Waals surface area contributed by atoms with Gasteiger partial charge in [0, 0.05) is 25.2 Å². The lowest BCUT2D eigenvalue weighted by Gasteiger charge is -2.35. The van der Waals surface area contributed by atoms with E-state index in [4.69, 9.17) is 14.2 Å². The van der Waals surface area contributed by atoms with Crippen molar-refractivity contribution in [3.8, 4) is 11.5 Å². The SMILES string of the molecule is CCOc1cc(OC[C@H]2COCCN2Cc2ccccc2)c2c(=O)[nH]cnc2c1. The largest absolute Gasteiger partial charge is 0.494 e. The molecule has 1 saturated heterocycles. The molecular weight excluding hydrogens is 370 g/mol. The Labute approximate surface area is 169 Å². The van der Waals surface area contributed by atoms with Crippen molar-refractivity contribution >= 4 is 10.9 Å². The fourth-order valence-electron chi connectivity index (χ4n) is 3.56. The topological polar surface area (TPSA) is 76.7 Å². The minimum atomic E-state index is -0.228. The average molecular weight is 395 g/mol. The van der Waals surface area contributed by atoms with E-state index < -0.39 is 0 Å². The first-order chi connectivity index (χ1) is 14.2. The Hall–Kier alpha value is -2.90. The molecular formula is C22H25N3O4. The van der Waals surface area contributed by atoms with Gasteiger partial charge in [-0.1, -0.05) is 30.3 Å². The minimum Gasteiger partial charge on any atom is -0.494 e. The number of aromatic amines is 1. The van der Waals surface area contributed by atoms with E-state index in [1.165, 1.54) is 11.9 Å². The standard InChI is InChI=1S/C22H25N3O4/c1-2-28-18-10-19-21(22(26)24-15-23-19)20(11-18)29-14-17-13-27-9-8-25(17)12-16-6-4-3-5-7-16/h3-7,10-11,15,17H,2,8-9,12-14H2,1H3,(H,23,24,26)/t17-/m1/s1. The van der Waals surface area contributed by atoms with Crippen LogP contribution in [0.1, 0.15) is 12.5 Å². The van der Waals surface area contributed by atoms with Gasteiger partial charge in [-0.2, -0.15) is 0 Å². The predicted octanol–water partition coefficient (Wildman–Crippen LogP) is 2.60. The summed E-state index contributed by atoms with van der Waals surface area (Å²) in [4.78, 5) is 21.6. The smallest absolute Gasteiger partial charge is 0.262 e. The van der Waals surface area contributed by atoms with Gasteiger partial charge in [0.1, 0.15) is 23.5 Å². The number of aromatic nitrogens is 2. The molecule has 0 spiro atoms. The fraction of sp³-hybridized carbons (Fsp3) is 0.364. The van der Waals surface area contributed by atoms with Crippen LogP contribution in [-0.2, 0) is 11.3 Å². The summed E-state index contributed by atoms with van der Waals surface area (Å²) < 4.78 is 17.4. The van der Waals surface area contributed by atoms with E-state index in [-0.39, 0.29) is 11.6 Å². The second kappa shape index (κ2) is 9.07. The molecule has 0 unspecified atom stereocenters. The van der Waals surface area contributed by atoms with E-state index >= 15 is 0 Å². The number of morpholine rings is 1. The van der Waals surface area contributed by atoms with Crippen LogP contribution in [0.3, 0.4) is 0 Å². The number of fused-ring (bicyclic) bond motifs is 1. The monoisotopic (exact) mass is 395 g/mol. The molecule has 152 valence electrons. The van der Waals surface area contributed by atoms with Crippen LogP contribution in [-0.4, -0.2) is 53.9 Å². The van der Waals surface area contributed by atoms with Gasteiger partial charge in [0.25, 0.3) is 5.56 Å². The molecule has 0 bridgehead atoms. The quantitative estimate of drug-likeness (QED) is 0.663. The maximum Gasteiger partial charge on any atom is 0.262 e. The zero-order chi connectivity index (χ0) is 20.1. The van der Waals surface area contributed by atoms with Crippen LogP contribution in [0.25, 0.3) is 10.9 Å². The lowest BCUT2D eigenvalue weighted by Crippen LogP contribution is -2.48. The molecule has 2 heterocycles. The number of hydrogen-bond acceptors (Lipinski definition) is 6. The normalized spacial score (nSPS) is 17.3. The summed E-state index contributed by atoms with van der Waals surface area (Å²) in [7, 11) is 0. The molecule has 1 aliphatic rings. The van der Waals surface area contributed by atoms with Crippen LogP contribution in [0.2, 0.25) is 0 Å². The molecule has 7 nitrogen and oxygen atoms in total. The van der Waals surface area contributed by atoms with Gasteiger partial charge in [0.2, 0.25) is 0 Å². The van der Waals surface area contributed by atoms with Crippen LogP contribution < -0.4 is 15.0 Å². The lowest BCUT2D eigenvalue weighted by molar-refractivity contribution is -0.0272.